The number of amides is 1. The number of hydrogen-bond donors (Lipinski definition) is 1. The first kappa shape index (κ1) is 25.6. The Hall–Kier alpha value is -3.45. The molecular formula is C23H21F4N5O3S. The van der Waals surface area contributed by atoms with E-state index in [9.17, 15) is 30.8 Å². The van der Waals surface area contributed by atoms with Crippen molar-refractivity contribution in [2.75, 3.05) is 0 Å². The Kier molecular flexibility index (Phi) is 7.05. The van der Waals surface area contributed by atoms with Crippen LogP contribution in [-0.4, -0.2) is 45.7 Å². The molecule has 0 aliphatic carbocycles. The number of rotatable bonds is 6. The van der Waals surface area contributed by atoms with Gasteiger partial charge in [-0.25, -0.2) is 22.8 Å². The first-order chi connectivity index (χ1) is 17.0. The quantitative estimate of drug-likeness (QED) is 0.496. The van der Waals surface area contributed by atoms with E-state index in [4.69, 9.17) is 0 Å². The van der Waals surface area contributed by atoms with Crippen molar-refractivity contribution in [3.8, 4) is 11.3 Å². The summed E-state index contributed by atoms with van der Waals surface area (Å²) in [6, 6.07) is 6.22. The number of pyridine rings is 1. The van der Waals surface area contributed by atoms with Gasteiger partial charge in [0.15, 0.2) is 0 Å². The van der Waals surface area contributed by atoms with Gasteiger partial charge in [0.05, 0.1) is 10.6 Å². The zero-order chi connectivity index (χ0) is 26.1. The Balaban J connectivity index is 1.47. The van der Waals surface area contributed by atoms with Crippen LogP contribution in [0.1, 0.15) is 31.2 Å². The molecule has 2 atom stereocenters. The van der Waals surface area contributed by atoms with Crippen LogP contribution in [0.3, 0.4) is 0 Å². The average Bonchev–Trinajstić information content (AvgIpc) is 3.25. The molecule has 1 aliphatic rings. The first-order valence-corrected chi connectivity index (χ1v) is 12.3. The van der Waals surface area contributed by atoms with Crippen molar-refractivity contribution in [2.45, 2.75) is 49.5 Å². The van der Waals surface area contributed by atoms with Crippen LogP contribution in [0.5, 0.6) is 0 Å². The molecule has 1 aromatic carbocycles. The third kappa shape index (κ3) is 5.36. The summed E-state index contributed by atoms with van der Waals surface area (Å²) in [4.78, 5) is 23.6. The van der Waals surface area contributed by atoms with Gasteiger partial charge in [0.1, 0.15) is 11.9 Å². The van der Waals surface area contributed by atoms with Crippen LogP contribution in [0.25, 0.3) is 11.3 Å². The van der Waals surface area contributed by atoms with Gasteiger partial charge in [0.25, 0.3) is 0 Å². The molecule has 8 nitrogen and oxygen atoms in total. The molecular weight excluding hydrogens is 502 g/mol. The second kappa shape index (κ2) is 9.90. The van der Waals surface area contributed by atoms with E-state index in [2.05, 4.69) is 20.3 Å². The highest BCUT2D eigenvalue weighted by Gasteiger charge is 2.43. The van der Waals surface area contributed by atoms with Crippen molar-refractivity contribution in [3.05, 3.63) is 72.2 Å². The minimum absolute atomic E-state index is 0.0329. The van der Waals surface area contributed by atoms with Crippen LogP contribution < -0.4 is 5.32 Å². The van der Waals surface area contributed by atoms with Gasteiger partial charge in [-0.2, -0.15) is 17.5 Å². The molecule has 2 aromatic heterocycles. The lowest BCUT2D eigenvalue weighted by Gasteiger charge is -2.27. The summed E-state index contributed by atoms with van der Waals surface area (Å²) in [5.41, 5.74) is 1.16. The third-order valence-corrected chi connectivity index (χ3v) is 7.82. The van der Waals surface area contributed by atoms with Gasteiger partial charge < -0.3 is 5.32 Å². The van der Waals surface area contributed by atoms with E-state index >= 15 is 0 Å². The molecule has 0 unspecified atom stereocenters. The lowest BCUT2D eigenvalue weighted by atomic mass is 10.1. The van der Waals surface area contributed by atoms with Gasteiger partial charge >= 0.3 is 6.18 Å². The topological polar surface area (TPSA) is 105 Å². The molecule has 3 heterocycles. The number of halogens is 4. The van der Waals surface area contributed by atoms with Crippen LogP contribution in [0.4, 0.5) is 17.6 Å². The summed E-state index contributed by atoms with van der Waals surface area (Å²) in [5.74, 6) is -2.33. The predicted molar refractivity (Wildman–Crippen MR) is 120 cm³/mol. The summed E-state index contributed by atoms with van der Waals surface area (Å²) in [5, 5.41) is 2.72. The smallest absolute Gasteiger partial charge is 0.351 e. The molecule has 3 aromatic rings. The standard InChI is InChI=1S/C23H21F4N5O3S/c1-14-2-7-20(32(14)36(34,35)18-5-3-17(24)4-6-18)21(33)29-11-15-8-9-28-19(10-15)16-12-30-22(31-13-16)23(25,26)27/h3-6,8-10,12-14,20H,2,7,11H2,1H3,(H,29,33)/t14-,20-/m0/s1. The number of carbonyl (C=O) groups is 1. The van der Waals surface area contributed by atoms with Crippen molar-refractivity contribution in [2.24, 2.45) is 0 Å². The van der Waals surface area contributed by atoms with E-state index in [1.807, 2.05) is 0 Å². The molecule has 13 heteroatoms. The van der Waals surface area contributed by atoms with E-state index in [1.165, 1.54) is 6.20 Å². The zero-order valence-corrected chi connectivity index (χ0v) is 19.7. The Morgan fingerprint density at radius 3 is 2.39 bits per heavy atom. The Labute approximate surface area is 204 Å². The summed E-state index contributed by atoms with van der Waals surface area (Å²) >= 11 is 0. The Morgan fingerprint density at radius 2 is 1.75 bits per heavy atom. The summed E-state index contributed by atoms with van der Waals surface area (Å²) < 4.78 is 78.8. The lowest BCUT2D eigenvalue weighted by Crippen LogP contribution is -2.48. The van der Waals surface area contributed by atoms with E-state index < -0.39 is 45.8 Å². The maximum absolute atomic E-state index is 13.3. The second-order valence-electron chi connectivity index (χ2n) is 8.29. The highest BCUT2D eigenvalue weighted by Crippen LogP contribution is 2.31. The number of sulfonamides is 1. The number of alkyl halides is 3. The number of nitrogens with one attached hydrogen (secondary N) is 1. The van der Waals surface area contributed by atoms with Gasteiger partial charge in [-0.3, -0.25) is 9.78 Å². The molecule has 36 heavy (non-hydrogen) atoms. The summed E-state index contributed by atoms with van der Waals surface area (Å²) in [6.07, 6.45) is -0.410. The molecule has 0 bridgehead atoms. The first-order valence-electron chi connectivity index (χ1n) is 10.9. The molecule has 1 aliphatic heterocycles. The monoisotopic (exact) mass is 523 g/mol. The number of benzene rings is 1. The van der Waals surface area contributed by atoms with Crippen LogP contribution in [0.15, 0.2) is 59.9 Å². The molecule has 1 fully saturated rings. The normalized spacial score (nSPS) is 18.8. The largest absolute Gasteiger partial charge is 0.451 e. The Bertz CT molecular complexity index is 1350. The molecule has 0 saturated carbocycles. The van der Waals surface area contributed by atoms with Gasteiger partial charge in [0.2, 0.25) is 21.8 Å². The molecule has 1 saturated heterocycles. The van der Waals surface area contributed by atoms with E-state index in [0.717, 1.165) is 41.0 Å². The van der Waals surface area contributed by atoms with E-state index in [-0.39, 0.29) is 17.0 Å². The minimum atomic E-state index is -4.66. The maximum atomic E-state index is 13.3. The molecule has 4 rings (SSSR count). The van der Waals surface area contributed by atoms with E-state index in [0.29, 0.717) is 24.1 Å². The summed E-state index contributed by atoms with van der Waals surface area (Å²) in [7, 11) is -4.04. The number of nitrogens with zero attached hydrogens (tertiary/aromatic N) is 4. The SMILES string of the molecule is C[C@H]1CC[C@@H](C(=O)NCc2ccnc(-c3cnc(C(F)(F)F)nc3)c2)N1S(=O)(=O)c1ccc(F)cc1. The summed E-state index contributed by atoms with van der Waals surface area (Å²) in [6.45, 7) is 1.74. The molecule has 1 N–H and O–H groups in total. The van der Waals surface area contributed by atoms with Gasteiger partial charge in [0, 0.05) is 36.7 Å². The molecule has 0 spiro atoms. The van der Waals surface area contributed by atoms with Crippen molar-refractivity contribution >= 4 is 15.9 Å². The maximum Gasteiger partial charge on any atom is 0.451 e. The fourth-order valence-corrected chi connectivity index (χ4v) is 5.83. The van der Waals surface area contributed by atoms with Crippen molar-refractivity contribution in [1.29, 1.82) is 0 Å². The predicted octanol–water partition coefficient (Wildman–Crippen LogP) is 3.55. The number of hydrogen-bond acceptors (Lipinski definition) is 6. The van der Waals surface area contributed by atoms with Gasteiger partial charge in [-0.15, -0.1) is 0 Å². The number of carbonyl (C=O) groups excluding carboxylic acids is 1. The second-order valence-corrected chi connectivity index (χ2v) is 10.1. The highest BCUT2D eigenvalue weighted by molar-refractivity contribution is 7.89. The van der Waals surface area contributed by atoms with Gasteiger partial charge in [-0.05, 0) is 61.7 Å². The average molecular weight is 524 g/mol. The fourth-order valence-electron chi connectivity index (χ4n) is 4.00. The van der Waals surface area contributed by atoms with E-state index in [1.54, 1.807) is 19.1 Å². The van der Waals surface area contributed by atoms with Crippen molar-refractivity contribution in [1.82, 2.24) is 24.6 Å². The van der Waals surface area contributed by atoms with Crippen molar-refractivity contribution < 1.29 is 30.8 Å². The van der Waals surface area contributed by atoms with Crippen LogP contribution >= 0.6 is 0 Å². The third-order valence-electron chi connectivity index (χ3n) is 5.78. The molecule has 190 valence electrons. The fraction of sp³-hybridized carbons (Fsp3) is 0.304. The zero-order valence-electron chi connectivity index (χ0n) is 18.9. The highest BCUT2D eigenvalue weighted by atomic mass is 32.2. The Morgan fingerprint density at radius 1 is 1.08 bits per heavy atom. The van der Waals surface area contributed by atoms with Crippen LogP contribution in [0, 0.1) is 5.82 Å². The lowest BCUT2D eigenvalue weighted by molar-refractivity contribution is -0.145. The molecule has 0 radical (unpaired) electrons. The van der Waals surface area contributed by atoms with Crippen LogP contribution in [0.2, 0.25) is 0 Å². The number of aromatic nitrogens is 3. The van der Waals surface area contributed by atoms with Crippen molar-refractivity contribution in [3.63, 3.8) is 0 Å². The molecule has 1 amide bonds. The van der Waals surface area contributed by atoms with Gasteiger partial charge in [-0.1, -0.05) is 0 Å². The van der Waals surface area contributed by atoms with Crippen LogP contribution in [-0.2, 0) is 27.5 Å². The minimum Gasteiger partial charge on any atom is -0.351 e.